The van der Waals surface area contributed by atoms with Crippen molar-refractivity contribution in [3.63, 3.8) is 0 Å². The van der Waals surface area contributed by atoms with Gasteiger partial charge in [-0.3, -0.25) is 4.90 Å². The molecule has 0 amide bonds. The van der Waals surface area contributed by atoms with Crippen LogP contribution in [0.1, 0.15) is 27.2 Å². The Morgan fingerprint density at radius 2 is 2.18 bits per heavy atom. The van der Waals surface area contributed by atoms with Crippen molar-refractivity contribution in [1.29, 1.82) is 0 Å². The van der Waals surface area contributed by atoms with Crippen LogP contribution in [0.3, 0.4) is 0 Å². The molecule has 0 aromatic heterocycles. The smallest absolute Gasteiger partial charge is 0.0673 e. The van der Waals surface area contributed by atoms with Gasteiger partial charge in [-0.1, -0.05) is 0 Å². The van der Waals surface area contributed by atoms with Crippen molar-refractivity contribution in [3.8, 4) is 0 Å². The fourth-order valence-corrected chi connectivity index (χ4v) is 1.50. The van der Waals surface area contributed by atoms with Crippen LogP contribution in [0.15, 0.2) is 0 Å². The second-order valence-corrected chi connectivity index (χ2v) is 3.62. The zero-order chi connectivity index (χ0) is 8.27. The van der Waals surface area contributed by atoms with Crippen LogP contribution >= 0.6 is 0 Å². The summed E-state index contributed by atoms with van der Waals surface area (Å²) in [5, 5.41) is 0. The molecule has 1 saturated heterocycles. The summed E-state index contributed by atoms with van der Waals surface area (Å²) >= 11 is 0. The Hall–Kier alpha value is -0.0800. The molecular weight excluding hydrogens is 138 g/mol. The van der Waals surface area contributed by atoms with E-state index in [1.807, 2.05) is 0 Å². The van der Waals surface area contributed by atoms with Crippen LogP contribution in [0.4, 0.5) is 0 Å². The number of hydrogen-bond acceptors (Lipinski definition) is 2. The van der Waals surface area contributed by atoms with Gasteiger partial charge < -0.3 is 4.74 Å². The minimum absolute atomic E-state index is 0.417. The van der Waals surface area contributed by atoms with E-state index in [-0.39, 0.29) is 0 Å². The maximum atomic E-state index is 5.54. The lowest BCUT2D eigenvalue weighted by Gasteiger charge is -2.25. The van der Waals surface area contributed by atoms with Gasteiger partial charge in [0.1, 0.15) is 0 Å². The predicted molar refractivity (Wildman–Crippen MR) is 46.7 cm³/mol. The molecule has 0 unspecified atom stereocenters. The van der Waals surface area contributed by atoms with Crippen molar-refractivity contribution in [1.82, 2.24) is 4.90 Å². The lowest BCUT2D eigenvalue weighted by molar-refractivity contribution is 0.0633. The van der Waals surface area contributed by atoms with Crippen LogP contribution in [0, 0.1) is 0 Å². The van der Waals surface area contributed by atoms with E-state index in [1.165, 1.54) is 13.0 Å². The van der Waals surface area contributed by atoms with Crippen LogP contribution < -0.4 is 0 Å². The van der Waals surface area contributed by atoms with Crippen LogP contribution in [-0.2, 0) is 4.74 Å². The molecule has 1 aliphatic rings. The van der Waals surface area contributed by atoms with E-state index in [0.717, 1.165) is 13.2 Å². The van der Waals surface area contributed by atoms with E-state index in [2.05, 4.69) is 25.7 Å². The molecule has 0 spiro atoms. The standard InChI is InChI=1S/C9H19NO/c1-8(2)10-5-4-6-11-9(3)7-10/h8-9H,4-7H2,1-3H3/t9-/m0/s1. The molecule has 2 heteroatoms. The van der Waals surface area contributed by atoms with E-state index in [9.17, 15) is 0 Å². The zero-order valence-corrected chi connectivity index (χ0v) is 7.84. The molecule has 1 aliphatic heterocycles. The van der Waals surface area contributed by atoms with E-state index in [4.69, 9.17) is 4.74 Å². The lowest BCUT2D eigenvalue weighted by atomic mass is 10.2. The quantitative estimate of drug-likeness (QED) is 0.572. The van der Waals surface area contributed by atoms with Gasteiger partial charge in [0.05, 0.1) is 6.10 Å². The van der Waals surface area contributed by atoms with Gasteiger partial charge in [-0.05, 0) is 27.2 Å². The van der Waals surface area contributed by atoms with Crippen molar-refractivity contribution in [2.24, 2.45) is 0 Å². The van der Waals surface area contributed by atoms with Crippen molar-refractivity contribution in [3.05, 3.63) is 0 Å². The SMILES string of the molecule is CC(C)N1CCCO[C@@H](C)C1. The van der Waals surface area contributed by atoms with Crippen molar-refractivity contribution < 1.29 is 4.74 Å². The summed E-state index contributed by atoms with van der Waals surface area (Å²) in [6.45, 7) is 9.88. The van der Waals surface area contributed by atoms with Crippen molar-refractivity contribution in [2.45, 2.75) is 39.3 Å². The lowest BCUT2D eigenvalue weighted by Crippen LogP contribution is -2.35. The summed E-state index contributed by atoms with van der Waals surface area (Å²) < 4.78 is 5.54. The molecular formula is C9H19NO. The number of hydrogen-bond donors (Lipinski definition) is 0. The highest BCUT2D eigenvalue weighted by Gasteiger charge is 2.16. The average molecular weight is 157 g/mol. The Kier molecular flexibility index (Phi) is 3.34. The van der Waals surface area contributed by atoms with E-state index in [1.54, 1.807) is 0 Å². The number of ether oxygens (including phenoxy) is 1. The molecule has 0 radical (unpaired) electrons. The highest BCUT2D eigenvalue weighted by Crippen LogP contribution is 2.08. The molecule has 0 aromatic carbocycles. The maximum Gasteiger partial charge on any atom is 0.0673 e. The Bertz CT molecular complexity index is 114. The third-order valence-corrected chi connectivity index (χ3v) is 2.21. The van der Waals surface area contributed by atoms with Gasteiger partial charge in [0.25, 0.3) is 0 Å². The fourth-order valence-electron chi connectivity index (χ4n) is 1.50. The molecule has 0 N–H and O–H groups in total. The van der Waals surface area contributed by atoms with Gasteiger partial charge in [-0.2, -0.15) is 0 Å². The van der Waals surface area contributed by atoms with Gasteiger partial charge in [0, 0.05) is 25.7 Å². The summed E-state index contributed by atoms with van der Waals surface area (Å²) in [7, 11) is 0. The summed E-state index contributed by atoms with van der Waals surface area (Å²) in [6, 6.07) is 0.666. The molecule has 11 heavy (non-hydrogen) atoms. The van der Waals surface area contributed by atoms with Gasteiger partial charge in [-0.15, -0.1) is 0 Å². The van der Waals surface area contributed by atoms with Crippen molar-refractivity contribution >= 4 is 0 Å². The van der Waals surface area contributed by atoms with E-state index < -0.39 is 0 Å². The largest absolute Gasteiger partial charge is 0.377 e. The first-order valence-corrected chi connectivity index (χ1v) is 4.56. The molecule has 0 saturated carbocycles. The van der Waals surface area contributed by atoms with Crippen molar-refractivity contribution in [2.75, 3.05) is 19.7 Å². The molecule has 1 heterocycles. The van der Waals surface area contributed by atoms with E-state index >= 15 is 0 Å². The van der Waals surface area contributed by atoms with Gasteiger partial charge in [0.2, 0.25) is 0 Å². The fraction of sp³-hybridized carbons (Fsp3) is 1.00. The normalized spacial score (nSPS) is 28.9. The van der Waals surface area contributed by atoms with Crippen LogP contribution in [-0.4, -0.2) is 36.7 Å². The Morgan fingerprint density at radius 3 is 2.82 bits per heavy atom. The molecule has 0 aromatic rings. The molecule has 1 atom stereocenters. The first kappa shape index (κ1) is 9.01. The molecule has 66 valence electrons. The summed E-state index contributed by atoms with van der Waals surface area (Å²) in [6.07, 6.45) is 1.60. The molecule has 1 fully saturated rings. The minimum atomic E-state index is 0.417. The molecule has 0 bridgehead atoms. The number of rotatable bonds is 1. The number of nitrogens with zero attached hydrogens (tertiary/aromatic N) is 1. The Morgan fingerprint density at radius 1 is 1.45 bits per heavy atom. The highest BCUT2D eigenvalue weighted by molar-refractivity contribution is 4.69. The average Bonchev–Trinajstić information content (AvgIpc) is 2.13. The Balaban J connectivity index is 2.39. The van der Waals surface area contributed by atoms with Gasteiger partial charge in [-0.25, -0.2) is 0 Å². The van der Waals surface area contributed by atoms with Gasteiger partial charge in [0.15, 0.2) is 0 Å². The van der Waals surface area contributed by atoms with Crippen LogP contribution in [0.5, 0.6) is 0 Å². The van der Waals surface area contributed by atoms with Gasteiger partial charge >= 0.3 is 0 Å². The molecule has 0 aliphatic carbocycles. The van der Waals surface area contributed by atoms with Crippen LogP contribution in [0.2, 0.25) is 0 Å². The van der Waals surface area contributed by atoms with Crippen LogP contribution in [0.25, 0.3) is 0 Å². The molecule has 2 nitrogen and oxygen atoms in total. The third-order valence-electron chi connectivity index (χ3n) is 2.21. The minimum Gasteiger partial charge on any atom is -0.377 e. The summed E-state index contributed by atoms with van der Waals surface area (Å²) in [4.78, 5) is 2.48. The predicted octanol–water partition coefficient (Wildman–Crippen LogP) is 1.51. The summed E-state index contributed by atoms with van der Waals surface area (Å²) in [5.41, 5.74) is 0. The first-order valence-electron chi connectivity index (χ1n) is 4.56. The second kappa shape index (κ2) is 4.07. The third kappa shape index (κ3) is 2.80. The molecule has 1 rings (SSSR count). The summed E-state index contributed by atoms with van der Waals surface area (Å²) in [5.74, 6) is 0. The Labute approximate surface area is 69.5 Å². The highest BCUT2D eigenvalue weighted by atomic mass is 16.5. The monoisotopic (exact) mass is 157 g/mol. The van der Waals surface area contributed by atoms with E-state index in [0.29, 0.717) is 12.1 Å². The zero-order valence-electron chi connectivity index (χ0n) is 7.84. The first-order chi connectivity index (χ1) is 5.20. The second-order valence-electron chi connectivity index (χ2n) is 3.62. The topological polar surface area (TPSA) is 12.5 Å². The maximum absolute atomic E-state index is 5.54.